The van der Waals surface area contributed by atoms with Crippen LogP contribution in [0.3, 0.4) is 0 Å². The van der Waals surface area contributed by atoms with Crippen LogP contribution in [0.2, 0.25) is 0 Å². The van der Waals surface area contributed by atoms with Gasteiger partial charge in [0.1, 0.15) is 17.6 Å². The van der Waals surface area contributed by atoms with E-state index in [0.29, 0.717) is 0 Å². The van der Waals surface area contributed by atoms with Crippen LogP contribution in [0.25, 0.3) is 6.08 Å². The second-order valence-corrected chi connectivity index (χ2v) is 5.30. The molecule has 0 bridgehead atoms. The summed E-state index contributed by atoms with van der Waals surface area (Å²) in [6.07, 6.45) is 3.24. The normalized spacial score (nSPS) is 20.1. The molecule has 0 saturated heterocycles. The summed E-state index contributed by atoms with van der Waals surface area (Å²) in [4.78, 5) is 0. The maximum Gasteiger partial charge on any atom is 0.133 e. The van der Waals surface area contributed by atoms with Gasteiger partial charge in [-0.15, -0.1) is 0 Å². The van der Waals surface area contributed by atoms with Gasteiger partial charge in [-0.3, -0.25) is 0 Å². The van der Waals surface area contributed by atoms with Gasteiger partial charge in [0, 0.05) is 5.56 Å². The predicted octanol–water partition coefficient (Wildman–Crippen LogP) is 2.61. The number of hydrogen-bond donors (Lipinski definition) is 3. The van der Waals surface area contributed by atoms with E-state index >= 15 is 0 Å². The summed E-state index contributed by atoms with van der Waals surface area (Å²) in [5.41, 5.74) is 2.84. The summed E-state index contributed by atoms with van der Waals surface area (Å²) in [7, 11) is 0. The smallest absolute Gasteiger partial charge is 0.133 e. The second kappa shape index (κ2) is 6.22. The van der Waals surface area contributed by atoms with Gasteiger partial charge < -0.3 is 20.1 Å². The summed E-state index contributed by atoms with van der Waals surface area (Å²) in [5.74, 6) is 0.816. The molecule has 1 aliphatic rings. The van der Waals surface area contributed by atoms with Gasteiger partial charge in [0.25, 0.3) is 0 Å². The van der Waals surface area contributed by atoms with E-state index in [1.807, 2.05) is 24.3 Å². The van der Waals surface area contributed by atoms with Crippen LogP contribution in [0, 0.1) is 0 Å². The molecule has 2 atom stereocenters. The molecule has 114 valence electrons. The fraction of sp³-hybridized carbons (Fsp3) is 0.222. The molecule has 4 heteroatoms. The molecule has 2 aromatic rings. The first-order valence-corrected chi connectivity index (χ1v) is 7.20. The molecular weight excluding hydrogens is 280 g/mol. The maximum absolute atomic E-state index is 9.78. The quantitative estimate of drug-likeness (QED) is 0.811. The third kappa shape index (κ3) is 2.71. The summed E-state index contributed by atoms with van der Waals surface area (Å²) in [5, 5.41) is 28.0. The van der Waals surface area contributed by atoms with Crippen LogP contribution >= 0.6 is 0 Å². The number of fused-ring (bicyclic) bond motifs is 1. The molecule has 0 spiro atoms. The van der Waals surface area contributed by atoms with Gasteiger partial charge in [0.15, 0.2) is 0 Å². The highest BCUT2D eigenvalue weighted by molar-refractivity contribution is 5.56. The van der Waals surface area contributed by atoms with E-state index in [9.17, 15) is 10.2 Å². The molecule has 4 nitrogen and oxygen atoms in total. The molecule has 0 radical (unpaired) electrons. The van der Waals surface area contributed by atoms with Crippen molar-refractivity contribution in [3.05, 3.63) is 65.2 Å². The molecule has 2 unspecified atom stereocenters. The molecular formula is C18H18O4. The van der Waals surface area contributed by atoms with Gasteiger partial charge in [-0.25, -0.2) is 0 Å². The average molecular weight is 298 g/mol. The fourth-order valence-corrected chi connectivity index (χ4v) is 2.80. The van der Waals surface area contributed by atoms with E-state index in [4.69, 9.17) is 9.84 Å². The third-order valence-corrected chi connectivity index (χ3v) is 3.89. The second-order valence-electron chi connectivity index (χ2n) is 5.30. The van der Waals surface area contributed by atoms with E-state index in [1.54, 1.807) is 30.3 Å². The minimum Gasteiger partial charge on any atom is -0.508 e. The van der Waals surface area contributed by atoms with Crippen molar-refractivity contribution in [3.8, 4) is 11.5 Å². The van der Waals surface area contributed by atoms with Crippen molar-refractivity contribution in [2.75, 3.05) is 13.2 Å². The van der Waals surface area contributed by atoms with Gasteiger partial charge in [-0.1, -0.05) is 30.4 Å². The molecule has 22 heavy (non-hydrogen) atoms. The first-order valence-electron chi connectivity index (χ1n) is 7.20. The minimum absolute atomic E-state index is 0.00680. The van der Waals surface area contributed by atoms with Crippen LogP contribution in [-0.4, -0.2) is 28.5 Å². The summed E-state index contributed by atoms with van der Waals surface area (Å²) < 4.78 is 5.98. The van der Waals surface area contributed by atoms with Crippen LogP contribution < -0.4 is 4.74 Å². The highest BCUT2D eigenvalue weighted by Gasteiger charge is 2.35. The Morgan fingerprint density at radius 3 is 2.50 bits per heavy atom. The van der Waals surface area contributed by atoms with Crippen molar-refractivity contribution >= 4 is 6.08 Å². The number of phenols is 1. The van der Waals surface area contributed by atoms with Crippen LogP contribution in [0.1, 0.15) is 28.7 Å². The third-order valence-electron chi connectivity index (χ3n) is 3.89. The number of hydrogen-bond acceptors (Lipinski definition) is 4. The van der Waals surface area contributed by atoms with Crippen LogP contribution in [0.15, 0.2) is 48.5 Å². The topological polar surface area (TPSA) is 69.9 Å². The molecule has 1 heterocycles. The Hall–Kier alpha value is -2.30. The van der Waals surface area contributed by atoms with Gasteiger partial charge in [-0.05, 0) is 35.4 Å². The van der Waals surface area contributed by atoms with E-state index < -0.39 is 0 Å². The Morgan fingerprint density at radius 1 is 1.05 bits per heavy atom. The molecule has 2 aromatic carbocycles. The summed E-state index contributed by atoms with van der Waals surface area (Å²) in [6.45, 7) is -0.0289. The lowest BCUT2D eigenvalue weighted by Crippen LogP contribution is -2.13. The Bertz CT molecular complexity index is 676. The Balaban J connectivity index is 1.93. The van der Waals surface area contributed by atoms with E-state index in [0.717, 1.165) is 22.4 Å². The van der Waals surface area contributed by atoms with Crippen molar-refractivity contribution in [1.29, 1.82) is 0 Å². The van der Waals surface area contributed by atoms with Gasteiger partial charge in [0.05, 0.1) is 19.1 Å². The number of benzene rings is 2. The standard InChI is InChI=1S/C18H18O4/c19-9-1-2-12-3-8-17-15(10-12)16(11-20)18(22-17)13-4-6-14(21)7-5-13/h1-8,10,16,18-21H,9,11H2/b2-1+. The zero-order valence-corrected chi connectivity index (χ0v) is 12.0. The van der Waals surface area contributed by atoms with Crippen molar-refractivity contribution in [3.63, 3.8) is 0 Å². The summed E-state index contributed by atoms with van der Waals surface area (Å²) in [6, 6.07) is 12.6. The van der Waals surface area contributed by atoms with Crippen LogP contribution in [0.5, 0.6) is 11.5 Å². The van der Waals surface area contributed by atoms with E-state index in [1.165, 1.54) is 0 Å². The Labute approximate surface area is 128 Å². The molecule has 0 amide bonds. The Kier molecular flexibility index (Phi) is 4.13. The van der Waals surface area contributed by atoms with Gasteiger partial charge in [-0.2, -0.15) is 0 Å². The van der Waals surface area contributed by atoms with Gasteiger partial charge >= 0.3 is 0 Å². The number of aliphatic hydroxyl groups excluding tert-OH is 2. The molecule has 3 rings (SSSR count). The number of aliphatic hydroxyl groups is 2. The lowest BCUT2D eigenvalue weighted by Gasteiger charge is -2.17. The maximum atomic E-state index is 9.78. The Morgan fingerprint density at radius 2 is 1.82 bits per heavy atom. The van der Waals surface area contributed by atoms with Crippen LogP contribution in [-0.2, 0) is 0 Å². The molecule has 0 saturated carbocycles. The first kappa shape index (κ1) is 14.6. The lowest BCUT2D eigenvalue weighted by atomic mass is 9.91. The van der Waals surface area contributed by atoms with Crippen LogP contribution in [0.4, 0.5) is 0 Å². The van der Waals surface area contributed by atoms with Crippen molar-refractivity contribution < 1.29 is 20.1 Å². The highest BCUT2D eigenvalue weighted by atomic mass is 16.5. The largest absolute Gasteiger partial charge is 0.508 e. The van der Waals surface area contributed by atoms with E-state index in [2.05, 4.69) is 0 Å². The zero-order valence-electron chi connectivity index (χ0n) is 12.0. The molecule has 3 N–H and O–H groups in total. The van der Waals surface area contributed by atoms with Crippen molar-refractivity contribution in [1.82, 2.24) is 0 Å². The predicted molar refractivity (Wildman–Crippen MR) is 83.9 cm³/mol. The number of ether oxygens (including phenoxy) is 1. The van der Waals surface area contributed by atoms with Gasteiger partial charge in [0.2, 0.25) is 0 Å². The monoisotopic (exact) mass is 298 g/mol. The SMILES string of the molecule is OC/C=C/c1ccc2c(c1)C(CO)C(c1ccc(O)cc1)O2. The number of rotatable bonds is 4. The number of phenolic OH excluding ortho intramolecular Hbond substituents is 1. The van der Waals surface area contributed by atoms with Crippen molar-refractivity contribution in [2.24, 2.45) is 0 Å². The molecule has 1 aliphatic heterocycles. The summed E-state index contributed by atoms with van der Waals surface area (Å²) >= 11 is 0. The molecule has 0 aromatic heterocycles. The zero-order chi connectivity index (χ0) is 15.5. The average Bonchev–Trinajstić information content (AvgIpc) is 2.91. The lowest BCUT2D eigenvalue weighted by molar-refractivity contribution is 0.160. The highest BCUT2D eigenvalue weighted by Crippen LogP contribution is 2.46. The number of aromatic hydroxyl groups is 1. The molecule has 0 aliphatic carbocycles. The van der Waals surface area contributed by atoms with Crippen molar-refractivity contribution in [2.45, 2.75) is 12.0 Å². The minimum atomic E-state index is -0.266. The van der Waals surface area contributed by atoms with E-state index in [-0.39, 0.29) is 31.0 Å². The fourth-order valence-electron chi connectivity index (χ4n) is 2.80. The first-order chi connectivity index (χ1) is 10.7. The molecule has 0 fully saturated rings.